The molecule has 4 rings (SSSR count). The van der Waals surface area contributed by atoms with Crippen LogP contribution in [0.2, 0.25) is 5.02 Å². The van der Waals surface area contributed by atoms with Gasteiger partial charge in [-0.3, -0.25) is 9.59 Å². The SMILES string of the molecule is CCc1[nH]c2c(F)ccc(O[C@@H](C)C(=O)OC)c2c(=O)c1Cc1ccc(C(=O)NC2CCC2)cc1Cl. The van der Waals surface area contributed by atoms with Crippen molar-refractivity contribution in [2.24, 2.45) is 0 Å². The average molecular weight is 515 g/mol. The molecule has 0 radical (unpaired) electrons. The Balaban J connectivity index is 1.72. The molecule has 0 unspecified atom stereocenters. The predicted octanol–water partition coefficient (Wildman–Crippen LogP) is 4.70. The Labute approximate surface area is 212 Å². The van der Waals surface area contributed by atoms with E-state index >= 15 is 0 Å². The standard InChI is InChI=1S/C27H28ClFN2O5/c1-4-21-18(12-15-8-9-16(13-19(15)28)26(33)30-17-6-5-7-17)25(32)23-22(36-14(2)27(34)35-3)11-10-20(29)24(23)31-21/h8-11,13-14,17H,4-7,12H2,1-3H3,(H,30,33)(H,31,32)/t14-/m0/s1. The molecule has 1 fully saturated rings. The second kappa shape index (κ2) is 10.7. The first-order valence-electron chi connectivity index (χ1n) is 11.9. The highest BCUT2D eigenvalue weighted by atomic mass is 35.5. The zero-order valence-corrected chi connectivity index (χ0v) is 21.1. The summed E-state index contributed by atoms with van der Waals surface area (Å²) >= 11 is 6.52. The van der Waals surface area contributed by atoms with E-state index < -0.39 is 23.3 Å². The molecule has 1 aliphatic carbocycles. The van der Waals surface area contributed by atoms with Crippen molar-refractivity contribution in [1.82, 2.24) is 10.3 Å². The number of aryl methyl sites for hydroxylation is 1. The van der Waals surface area contributed by atoms with Gasteiger partial charge in [0.1, 0.15) is 11.6 Å². The first-order chi connectivity index (χ1) is 17.2. The fraction of sp³-hybridized carbons (Fsp3) is 0.370. The zero-order valence-electron chi connectivity index (χ0n) is 20.4. The number of methoxy groups -OCH3 is 1. The van der Waals surface area contributed by atoms with Crippen molar-refractivity contribution in [2.75, 3.05) is 7.11 Å². The Morgan fingerprint density at radius 2 is 2.00 bits per heavy atom. The smallest absolute Gasteiger partial charge is 0.346 e. The lowest BCUT2D eigenvalue weighted by Crippen LogP contribution is -2.39. The maximum atomic E-state index is 14.7. The average Bonchev–Trinajstić information content (AvgIpc) is 2.84. The summed E-state index contributed by atoms with van der Waals surface area (Å²) < 4.78 is 25.1. The molecule has 0 bridgehead atoms. The van der Waals surface area contributed by atoms with E-state index in [-0.39, 0.29) is 35.0 Å². The highest BCUT2D eigenvalue weighted by Gasteiger charge is 2.23. The van der Waals surface area contributed by atoms with Gasteiger partial charge in [-0.05, 0) is 62.4 Å². The molecule has 1 saturated carbocycles. The van der Waals surface area contributed by atoms with E-state index in [1.807, 2.05) is 6.92 Å². The van der Waals surface area contributed by atoms with E-state index in [0.717, 1.165) is 19.3 Å². The number of rotatable bonds is 8. The fourth-order valence-electron chi connectivity index (χ4n) is 4.26. The number of carbonyl (C=O) groups excluding carboxylic acids is 2. The number of ether oxygens (including phenoxy) is 2. The topological polar surface area (TPSA) is 97.5 Å². The molecular weight excluding hydrogens is 487 g/mol. The quantitative estimate of drug-likeness (QED) is 0.425. The minimum absolute atomic E-state index is 0.00396. The molecule has 1 aromatic heterocycles. The summed E-state index contributed by atoms with van der Waals surface area (Å²) in [6.45, 7) is 3.34. The van der Waals surface area contributed by atoms with Gasteiger partial charge < -0.3 is 19.8 Å². The van der Waals surface area contributed by atoms with Gasteiger partial charge in [0.2, 0.25) is 0 Å². The van der Waals surface area contributed by atoms with E-state index in [2.05, 4.69) is 10.3 Å². The van der Waals surface area contributed by atoms with E-state index in [1.54, 1.807) is 18.2 Å². The molecule has 190 valence electrons. The van der Waals surface area contributed by atoms with Crippen molar-refractivity contribution in [1.29, 1.82) is 0 Å². The second-order valence-electron chi connectivity index (χ2n) is 8.93. The Bertz CT molecular complexity index is 1380. The van der Waals surface area contributed by atoms with Gasteiger partial charge in [-0.15, -0.1) is 0 Å². The van der Waals surface area contributed by atoms with Crippen LogP contribution < -0.4 is 15.5 Å². The van der Waals surface area contributed by atoms with Crippen LogP contribution >= 0.6 is 11.6 Å². The summed E-state index contributed by atoms with van der Waals surface area (Å²) in [5, 5.41) is 3.34. The number of carbonyl (C=O) groups is 2. The Kier molecular flexibility index (Phi) is 7.64. The van der Waals surface area contributed by atoms with Crippen LogP contribution in [-0.4, -0.2) is 36.1 Å². The minimum atomic E-state index is -0.995. The molecule has 9 heteroatoms. The lowest BCUT2D eigenvalue weighted by molar-refractivity contribution is -0.147. The van der Waals surface area contributed by atoms with Crippen molar-refractivity contribution in [3.05, 3.63) is 73.8 Å². The molecule has 3 aromatic rings. The van der Waals surface area contributed by atoms with Gasteiger partial charge >= 0.3 is 5.97 Å². The predicted molar refractivity (Wildman–Crippen MR) is 135 cm³/mol. The third-order valence-corrected chi connectivity index (χ3v) is 6.92. The van der Waals surface area contributed by atoms with Gasteiger partial charge in [-0.2, -0.15) is 0 Å². The number of H-pyrrole nitrogens is 1. The molecule has 1 aliphatic rings. The summed E-state index contributed by atoms with van der Waals surface area (Å²) in [6.07, 6.45) is 2.69. The third-order valence-electron chi connectivity index (χ3n) is 6.57. The molecule has 1 amide bonds. The van der Waals surface area contributed by atoms with Crippen LogP contribution in [0.15, 0.2) is 35.1 Å². The number of aromatic nitrogens is 1. The first kappa shape index (κ1) is 25.7. The summed E-state index contributed by atoms with van der Waals surface area (Å²) in [5.41, 5.74) is 1.65. The Hall–Kier alpha value is -3.39. The number of halogens is 2. The van der Waals surface area contributed by atoms with Crippen LogP contribution in [0.1, 0.15) is 60.3 Å². The number of esters is 1. The molecule has 0 saturated heterocycles. The highest BCUT2D eigenvalue weighted by Crippen LogP contribution is 2.29. The molecule has 0 aliphatic heterocycles. The summed E-state index contributed by atoms with van der Waals surface area (Å²) in [4.78, 5) is 41.0. The minimum Gasteiger partial charge on any atom is -0.478 e. The third kappa shape index (κ3) is 5.09. The van der Waals surface area contributed by atoms with Crippen LogP contribution in [0.4, 0.5) is 4.39 Å². The van der Waals surface area contributed by atoms with Crippen molar-refractivity contribution >= 4 is 34.4 Å². The summed E-state index contributed by atoms with van der Waals surface area (Å²) in [5.74, 6) is -1.34. The van der Waals surface area contributed by atoms with Crippen LogP contribution in [0.3, 0.4) is 0 Å². The maximum absolute atomic E-state index is 14.7. The molecule has 2 aromatic carbocycles. The fourth-order valence-corrected chi connectivity index (χ4v) is 4.50. The first-order valence-corrected chi connectivity index (χ1v) is 12.3. The van der Waals surface area contributed by atoms with E-state index in [9.17, 15) is 18.8 Å². The van der Waals surface area contributed by atoms with Gasteiger partial charge in [0, 0.05) is 34.3 Å². The van der Waals surface area contributed by atoms with Gasteiger partial charge in [0.05, 0.1) is 18.0 Å². The monoisotopic (exact) mass is 514 g/mol. The maximum Gasteiger partial charge on any atom is 0.346 e. The molecular formula is C27H28ClFN2O5. The number of aromatic amines is 1. The number of nitrogens with one attached hydrogen (secondary N) is 2. The molecule has 1 heterocycles. The van der Waals surface area contributed by atoms with Crippen LogP contribution in [-0.2, 0) is 22.4 Å². The van der Waals surface area contributed by atoms with E-state index in [1.165, 1.54) is 26.2 Å². The number of fused-ring (bicyclic) bond motifs is 1. The molecule has 2 N–H and O–H groups in total. The normalized spacial score (nSPS) is 14.2. The number of benzene rings is 2. The van der Waals surface area contributed by atoms with Crippen molar-refractivity contribution in [3.8, 4) is 5.75 Å². The van der Waals surface area contributed by atoms with Crippen molar-refractivity contribution in [2.45, 2.75) is 58.1 Å². The van der Waals surface area contributed by atoms with Crippen LogP contribution in [0.5, 0.6) is 5.75 Å². The number of pyridine rings is 1. The van der Waals surface area contributed by atoms with Crippen molar-refractivity contribution in [3.63, 3.8) is 0 Å². The molecule has 36 heavy (non-hydrogen) atoms. The lowest BCUT2D eigenvalue weighted by Gasteiger charge is -2.26. The molecule has 1 atom stereocenters. The molecule has 7 nitrogen and oxygen atoms in total. The zero-order chi connectivity index (χ0) is 26.0. The number of hydrogen-bond donors (Lipinski definition) is 2. The van der Waals surface area contributed by atoms with Crippen LogP contribution in [0.25, 0.3) is 10.9 Å². The van der Waals surface area contributed by atoms with Gasteiger partial charge in [0.25, 0.3) is 5.91 Å². The summed E-state index contributed by atoms with van der Waals surface area (Å²) in [7, 11) is 1.23. The van der Waals surface area contributed by atoms with Gasteiger partial charge in [-0.1, -0.05) is 24.6 Å². The number of amides is 1. The van der Waals surface area contributed by atoms with Crippen LogP contribution in [0, 0.1) is 5.82 Å². The molecule has 0 spiro atoms. The van der Waals surface area contributed by atoms with Gasteiger partial charge in [-0.25, -0.2) is 9.18 Å². The summed E-state index contributed by atoms with van der Waals surface area (Å²) in [6, 6.07) is 7.72. The Morgan fingerprint density at radius 1 is 1.25 bits per heavy atom. The largest absolute Gasteiger partial charge is 0.478 e. The van der Waals surface area contributed by atoms with Gasteiger partial charge in [0.15, 0.2) is 11.5 Å². The number of hydrogen-bond acceptors (Lipinski definition) is 5. The Morgan fingerprint density at radius 3 is 2.61 bits per heavy atom. The van der Waals surface area contributed by atoms with E-state index in [0.29, 0.717) is 33.8 Å². The highest BCUT2D eigenvalue weighted by molar-refractivity contribution is 6.31. The second-order valence-corrected chi connectivity index (χ2v) is 9.33. The lowest BCUT2D eigenvalue weighted by atomic mass is 9.93. The van der Waals surface area contributed by atoms with E-state index in [4.69, 9.17) is 21.1 Å². The van der Waals surface area contributed by atoms with Crippen molar-refractivity contribution < 1.29 is 23.5 Å².